The van der Waals surface area contributed by atoms with E-state index in [1.54, 1.807) is 0 Å². The minimum atomic E-state index is -0.190. The maximum Gasteiger partial charge on any atom is 0.149 e. The first-order chi connectivity index (χ1) is 19.4. The van der Waals surface area contributed by atoms with E-state index in [0.717, 1.165) is 50.5 Å². The average Bonchev–Trinajstić information content (AvgIpc) is 2.98. The van der Waals surface area contributed by atoms with Gasteiger partial charge in [0.15, 0.2) is 0 Å². The minimum Gasteiger partial charge on any atom is -0.505 e. The van der Waals surface area contributed by atoms with Gasteiger partial charge in [0.25, 0.3) is 0 Å². The Morgan fingerprint density at radius 3 is 2.27 bits per heavy atom. The molecule has 0 spiro atoms. The molecule has 6 aromatic rings. The summed E-state index contributed by atoms with van der Waals surface area (Å²) in [5.41, 5.74) is 9.81. The van der Waals surface area contributed by atoms with Crippen molar-refractivity contribution < 1.29 is 5.11 Å². The fourth-order valence-corrected chi connectivity index (χ4v) is 5.95. The smallest absolute Gasteiger partial charge is 0.149 e. The Labute approximate surface area is 234 Å². The molecule has 3 heterocycles. The molecule has 0 saturated carbocycles. The number of hydrogen-bond donors (Lipinski definition) is 1. The van der Waals surface area contributed by atoms with Crippen LogP contribution >= 0.6 is 0 Å². The average molecular weight is 520 g/mol. The molecule has 0 radical (unpaired) electrons. The molecule has 4 nitrogen and oxygen atoms in total. The zero-order valence-electron chi connectivity index (χ0n) is 22.8. The molecule has 0 saturated heterocycles. The molecule has 7 rings (SSSR count). The topological polar surface area (TPSA) is 49.2 Å². The zero-order valence-corrected chi connectivity index (χ0v) is 22.8. The van der Waals surface area contributed by atoms with Crippen molar-refractivity contribution in [1.29, 1.82) is 0 Å². The van der Waals surface area contributed by atoms with Crippen LogP contribution in [0.2, 0.25) is 0 Å². The Morgan fingerprint density at radius 1 is 0.700 bits per heavy atom. The first-order valence-corrected chi connectivity index (χ1v) is 13.6. The van der Waals surface area contributed by atoms with Gasteiger partial charge in [-0.25, -0.2) is 9.97 Å². The van der Waals surface area contributed by atoms with Gasteiger partial charge in [0.2, 0.25) is 0 Å². The van der Waals surface area contributed by atoms with Crippen LogP contribution in [0.4, 0.5) is 17.2 Å². The number of aromatic nitrogens is 2. The molecule has 0 amide bonds. The van der Waals surface area contributed by atoms with E-state index in [2.05, 4.69) is 74.2 Å². The highest BCUT2D eigenvalue weighted by Gasteiger charge is 2.37. The van der Waals surface area contributed by atoms with E-state index in [-0.39, 0.29) is 11.2 Å². The van der Waals surface area contributed by atoms with Crippen LogP contribution in [0.5, 0.6) is 5.75 Å². The molecule has 1 N–H and O–H groups in total. The van der Waals surface area contributed by atoms with Crippen molar-refractivity contribution in [1.82, 2.24) is 9.97 Å². The summed E-state index contributed by atoms with van der Waals surface area (Å²) >= 11 is 0. The fourth-order valence-electron chi connectivity index (χ4n) is 5.95. The second-order valence-electron chi connectivity index (χ2n) is 11.0. The molecular weight excluding hydrogens is 490 g/mol. The second-order valence-corrected chi connectivity index (χ2v) is 11.0. The van der Waals surface area contributed by atoms with E-state index < -0.39 is 0 Å². The molecule has 2 aromatic heterocycles. The van der Waals surface area contributed by atoms with Crippen LogP contribution in [0.3, 0.4) is 0 Å². The Balaban J connectivity index is 1.42. The summed E-state index contributed by atoms with van der Waals surface area (Å²) in [5, 5.41) is 12.2. The summed E-state index contributed by atoms with van der Waals surface area (Å²) in [6.45, 7) is 6.66. The van der Waals surface area contributed by atoms with E-state index in [1.165, 1.54) is 11.1 Å². The number of phenolic OH excluding ortho intramolecular Hbond substituents is 1. The highest BCUT2D eigenvalue weighted by atomic mass is 16.3. The first-order valence-electron chi connectivity index (χ1n) is 13.6. The van der Waals surface area contributed by atoms with E-state index in [4.69, 9.17) is 9.97 Å². The third-order valence-corrected chi connectivity index (χ3v) is 8.08. The lowest BCUT2D eigenvalue weighted by Gasteiger charge is -2.41. The van der Waals surface area contributed by atoms with E-state index in [0.29, 0.717) is 5.52 Å². The summed E-state index contributed by atoms with van der Waals surface area (Å²) in [7, 11) is 0. The molecule has 4 aromatic carbocycles. The quantitative estimate of drug-likeness (QED) is 0.253. The molecule has 0 bridgehead atoms. The van der Waals surface area contributed by atoms with Crippen LogP contribution in [0.15, 0.2) is 115 Å². The highest BCUT2D eigenvalue weighted by Crippen LogP contribution is 2.52. The minimum absolute atomic E-state index is 0.190. The number of hydrogen-bond acceptors (Lipinski definition) is 4. The Morgan fingerprint density at radius 2 is 1.45 bits per heavy atom. The summed E-state index contributed by atoms with van der Waals surface area (Å²) in [6, 6.07) is 37.3. The summed E-state index contributed by atoms with van der Waals surface area (Å²) in [5.74, 6) is 1.09. The summed E-state index contributed by atoms with van der Waals surface area (Å²) in [4.78, 5) is 12.0. The molecule has 0 unspecified atom stereocenters. The second kappa shape index (κ2) is 9.06. The van der Waals surface area contributed by atoms with Crippen molar-refractivity contribution in [3.05, 3.63) is 132 Å². The van der Waals surface area contributed by atoms with Gasteiger partial charge in [-0.15, -0.1) is 0 Å². The molecule has 1 aliphatic heterocycles. The van der Waals surface area contributed by atoms with E-state index in [9.17, 15) is 5.11 Å². The Kier molecular flexibility index (Phi) is 5.46. The van der Waals surface area contributed by atoms with Crippen LogP contribution in [0.1, 0.15) is 30.5 Å². The number of fused-ring (bicyclic) bond motifs is 3. The number of phenols is 1. The lowest BCUT2D eigenvalue weighted by molar-refractivity contribution is 0.482. The maximum atomic E-state index is 11.3. The molecule has 1 aliphatic rings. The number of aromatic hydroxyl groups is 1. The van der Waals surface area contributed by atoms with Crippen molar-refractivity contribution in [2.45, 2.75) is 26.2 Å². The number of nitrogens with zero attached hydrogens (tertiary/aromatic N) is 3. The molecule has 0 atom stereocenters. The van der Waals surface area contributed by atoms with Gasteiger partial charge in [0.05, 0.1) is 17.1 Å². The fraction of sp³-hybridized carbons (Fsp3) is 0.111. The van der Waals surface area contributed by atoms with Crippen LogP contribution < -0.4 is 4.90 Å². The highest BCUT2D eigenvalue weighted by molar-refractivity contribution is 5.94. The van der Waals surface area contributed by atoms with Crippen molar-refractivity contribution in [2.75, 3.05) is 4.90 Å². The largest absolute Gasteiger partial charge is 0.505 e. The molecular formula is C36H29N3O. The molecule has 0 fully saturated rings. The normalized spacial score (nSPS) is 13.6. The van der Waals surface area contributed by atoms with Crippen LogP contribution in [-0.4, -0.2) is 15.1 Å². The first kappa shape index (κ1) is 24.1. The lowest BCUT2D eigenvalue weighted by Crippen LogP contribution is -2.31. The third kappa shape index (κ3) is 3.76. The monoisotopic (exact) mass is 519 g/mol. The number of rotatable bonds is 3. The summed E-state index contributed by atoms with van der Waals surface area (Å²) in [6.07, 6.45) is 1.87. The Bertz CT molecular complexity index is 1910. The number of pyridine rings is 2. The van der Waals surface area contributed by atoms with Gasteiger partial charge >= 0.3 is 0 Å². The van der Waals surface area contributed by atoms with Gasteiger partial charge in [0.1, 0.15) is 17.1 Å². The van der Waals surface area contributed by atoms with Crippen molar-refractivity contribution >= 4 is 28.1 Å². The zero-order chi connectivity index (χ0) is 27.4. The molecule has 0 aliphatic carbocycles. The number of anilines is 3. The Hall–Kier alpha value is -4.96. The number of benzene rings is 4. The predicted molar refractivity (Wildman–Crippen MR) is 164 cm³/mol. The van der Waals surface area contributed by atoms with E-state index in [1.807, 2.05) is 66.9 Å². The van der Waals surface area contributed by atoms with Crippen molar-refractivity contribution in [2.24, 2.45) is 0 Å². The molecule has 194 valence electrons. The van der Waals surface area contributed by atoms with Gasteiger partial charge in [-0.1, -0.05) is 86.6 Å². The third-order valence-electron chi connectivity index (χ3n) is 8.08. The van der Waals surface area contributed by atoms with Gasteiger partial charge in [-0.3, -0.25) is 4.90 Å². The van der Waals surface area contributed by atoms with Gasteiger partial charge < -0.3 is 5.11 Å². The summed E-state index contributed by atoms with van der Waals surface area (Å²) < 4.78 is 0. The van der Waals surface area contributed by atoms with Gasteiger partial charge in [0, 0.05) is 28.1 Å². The molecule has 4 heteroatoms. The van der Waals surface area contributed by atoms with Crippen molar-refractivity contribution in [3.63, 3.8) is 0 Å². The molecule has 40 heavy (non-hydrogen) atoms. The van der Waals surface area contributed by atoms with Crippen LogP contribution in [0, 0.1) is 6.92 Å². The van der Waals surface area contributed by atoms with Crippen LogP contribution in [0.25, 0.3) is 33.3 Å². The van der Waals surface area contributed by atoms with Gasteiger partial charge in [-0.2, -0.15) is 0 Å². The van der Waals surface area contributed by atoms with E-state index >= 15 is 0 Å². The van der Waals surface area contributed by atoms with Crippen LogP contribution in [-0.2, 0) is 5.41 Å². The number of aryl methyl sites for hydroxylation is 1. The number of para-hydroxylation sites is 1. The maximum absolute atomic E-state index is 11.3. The van der Waals surface area contributed by atoms with Gasteiger partial charge in [-0.05, 0) is 65.6 Å². The SMILES string of the molecule is Cc1ccnc(N2c3ccccc3C(C)(C)c3ccc(-c4ccc5ccc(-c6ccccc6)c(O)c5n4)cc32)c1. The standard InChI is InChI=1S/C36H29N3O/c1-23-19-20-37-33(21-23)39-31-12-8-7-11-28(31)36(2,3)29-17-14-26(22-32(29)39)30-18-15-25-13-16-27(35(40)34(25)38-30)24-9-5-4-6-10-24/h4-22,40H,1-3H3. The predicted octanol–water partition coefficient (Wildman–Crippen LogP) is 9.09. The van der Waals surface area contributed by atoms with Crippen molar-refractivity contribution in [3.8, 4) is 28.1 Å². The lowest BCUT2D eigenvalue weighted by atomic mass is 9.73.